The minimum atomic E-state index is -0.840. The molecule has 1 aliphatic heterocycles. The number of rotatable bonds is 4. The predicted molar refractivity (Wildman–Crippen MR) is 124 cm³/mol. The Morgan fingerprint density at radius 3 is 2.37 bits per heavy atom. The normalized spacial score (nSPS) is 16.0. The lowest BCUT2D eigenvalue weighted by atomic mass is 9.94. The first kappa shape index (κ1) is 22.7. The molecule has 0 saturated heterocycles. The number of carbonyl (C=O) groups is 1. The van der Waals surface area contributed by atoms with Crippen molar-refractivity contribution < 1.29 is 22.5 Å². The summed E-state index contributed by atoms with van der Waals surface area (Å²) in [6, 6.07) is 13.9. The largest absolute Gasteiger partial charge is 0.334 e. The molecule has 0 saturated carbocycles. The Kier molecular flexibility index (Phi) is 5.78. The highest BCUT2D eigenvalue weighted by Gasteiger charge is 2.36. The maximum atomic E-state index is 14.0. The van der Waals surface area contributed by atoms with Crippen molar-refractivity contribution in [3.05, 3.63) is 106 Å². The minimum absolute atomic E-state index is 0.0191. The van der Waals surface area contributed by atoms with Gasteiger partial charge in [0.05, 0.1) is 17.3 Å². The predicted octanol–water partition coefficient (Wildman–Crippen LogP) is 6.51. The molecule has 0 aliphatic carbocycles. The van der Waals surface area contributed by atoms with Crippen molar-refractivity contribution in [2.75, 3.05) is 4.90 Å². The maximum Gasteiger partial charge on any atom is 0.327 e. The maximum absolute atomic E-state index is 14.0. The van der Waals surface area contributed by atoms with Gasteiger partial charge in [0.15, 0.2) is 0 Å². The summed E-state index contributed by atoms with van der Waals surface area (Å²) in [6.45, 7) is 1.60. The van der Waals surface area contributed by atoms with E-state index in [1.54, 1.807) is 37.3 Å². The molecule has 6 nitrogen and oxygen atoms in total. The number of aromatic nitrogens is 2. The van der Waals surface area contributed by atoms with E-state index in [9.17, 15) is 18.0 Å². The summed E-state index contributed by atoms with van der Waals surface area (Å²) in [5.41, 5.74) is 1.74. The van der Waals surface area contributed by atoms with Crippen molar-refractivity contribution in [1.82, 2.24) is 15.5 Å². The average Bonchev–Trinajstić information content (AvgIpc) is 3.28. The highest BCUT2D eigenvalue weighted by Crippen LogP contribution is 2.39. The fraction of sp³-hybridized carbons (Fsp3) is 0.0800. The molecule has 5 rings (SSSR count). The highest BCUT2D eigenvalue weighted by molar-refractivity contribution is 6.30. The zero-order valence-electron chi connectivity index (χ0n) is 18.1. The van der Waals surface area contributed by atoms with Crippen molar-refractivity contribution >= 4 is 28.9 Å². The summed E-state index contributed by atoms with van der Waals surface area (Å²) in [6.07, 6.45) is 0. The minimum Gasteiger partial charge on any atom is -0.334 e. The number of urea groups is 1. The van der Waals surface area contributed by atoms with Gasteiger partial charge in [0.1, 0.15) is 17.5 Å². The Labute approximate surface area is 202 Å². The fourth-order valence-corrected chi connectivity index (χ4v) is 4.11. The van der Waals surface area contributed by atoms with Gasteiger partial charge in [-0.3, -0.25) is 4.90 Å². The van der Waals surface area contributed by atoms with Crippen LogP contribution in [-0.2, 0) is 0 Å². The van der Waals surface area contributed by atoms with Crippen LogP contribution >= 0.6 is 11.6 Å². The molecule has 2 amide bonds. The van der Waals surface area contributed by atoms with Gasteiger partial charge in [0.2, 0.25) is 5.82 Å². The summed E-state index contributed by atoms with van der Waals surface area (Å²) in [5, 5.41) is 7.30. The molecule has 0 bridgehead atoms. The van der Waals surface area contributed by atoms with E-state index in [2.05, 4.69) is 15.5 Å². The monoisotopic (exact) mass is 496 g/mol. The first-order chi connectivity index (χ1) is 16.8. The Morgan fingerprint density at radius 1 is 0.971 bits per heavy atom. The zero-order valence-corrected chi connectivity index (χ0v) is 18.9. The van der Waals surface area contributed by atoms with Gasteiger partial charge >= 0.3 is 6.03 Å². The topological polar surface area (TPSA) is 71.3 Å². The molecule has 1 N–H and O–H groups in total. The molecule has 1 atom stereocenters. The number of halogens is 4. The summed E-state index contributed by atoms with van der Waals surface area (Å²) >= 11 is 6.03. The van der Waals surface area contributed by atoms with Crippen LogP contribution in [0.2, 0.25) is 5.02 Å². The van der Waals surface area contributed by atoms with Gasteiger partial charge < -0.3 is 9.84 Å². The number of nitrogens with zero attached hydrogens (tertiary/aromatic N) is 3. The van der Waals surface area contributed by atoms with Crippen LogP contribution < -0.4 is 10.2 Å². The summed E-state index contributed by atoms with van der Waals surface area (Å²) in [4.78, 5) is 18.7. The van der Waals surface area contributed by atoms with Crippen LogP contribution in [0.5, 0.6) is 0 Å². The first-order valence-electron chi connectivity index (χ1n) is 10.4. The number of nitrogens with one attached hydrogen (secondary N) is 1. The molecule has 0 spiro atoms. The van der Waals surface area contributed by atoms with Crippen LogP contribution in [0.3, 0.4) is 0 Å². The number of hydrogen-bond donors (Lipinski definition) is 1. The summed E-state index contributed by atoms with van der Waals surface area (Å²) < 4.78 is 47.2. The number of hydrogen-bond acceptors (Lipinski definition) is 4. The van der Waals surface area contributed by atoms with E-state index in [0.29, 0.717) is 33.5 Å². The van der Waals surface area contributed by atoms with E-state index in [0.717, 1.165) is 17.0 Å². The van der Waals surface area contributed by atoms with Crippen LogP contribution in [0.15, 0.2) is 77.0 Å². The van der Waals surface area contributed by atoms with Gasteiger partial charge in [0.25, 0.3) is 5.89 Å². The third-order valence-corrected chi connectivity index (χ3v) is 5.78. The van der Waals surface area contributed by atoms with Crippen molar-refractivity contribution in [2.24, 2.45) is 0 Å². The SMILES string of the molecule is CC1=C(c2nc(-c3cccc(F)c3)no2)C(c2ccc(Cl)cc2)NC(=O)N1c1cc(F)cc(F)c1. The quantitative estimate of drug-likeness (QED) is 0.349. The second-order valence-electron chi connectivity index (χ2n) is 7.83. The lowest BCUT2D eigenvalue weighted by molar-refractivity contribution is 0.244. The van der Waals surface area contributed by atoms with Gasteiger partial charge in [-0.1, -0.05) is 41.0 Å². The Bertz CT molecular complexity index is 1450. The molecule has 10 heteroatoms. The van der Waals surface area contributed by atoms with Crippen molar-refractivity contribution in [1.29, 1.82) is 0 Å². The van der Waals surface area contributed by atoms with Gasteiger partial charge in [-0.15, -0.1) is 0 Å². The van der Waals surface area contributed by atoms with E-state index >= 15 is 0 Å². The van der Waals surface area contributed by atoms with Gasteiger partial charge in [-0.2, -0.15) is 4.98 Å². The average molecular weight is 497 g/mol. The summed E-state index contributed by atoms with van der Waals surface area (Å²) in [7, 11) is 0. The van der Waals surface area contributed by atoms with Crippen LogP contribution in [-0.4, -0.2) is 16.2 Å². The van der Waals surface area contributed by atoms with Gasteiger partial charge in [0, 0.05) is 22.3 Å². The Morgan fingerprint density at radius 2 is 1.69 bits per heavy atom. The van der Waals surface area contributed by atoms with E-state index in [-0.39, 0.29) is 17.4 Å². The van der Waals surface area contributed by atoms with E-state index in [1.807, 2.05) is 0 Å². The fourth-order valence-electron chi connectivity index (χ4n) is 3.98. The van der Waals surface area contributed by atoms with Crippen LogP contribution in [0, 0.1) is 17.5 Å². The van der Waals surface area contributed by atoms with Crippen molar-refractivity contribution in [2.45, 2.75) is 13.0 Å². The first-order valence-corrected chi connectivity index (χ1v) is 10.8. The molecule has 35 heavy (non-hydrogen) atoms. The molecule has 176 valence electrons. The zero-order chi connectivity index (χ0) is 24.7. The molecule has 1 aromatic heterocycles. The van der Waals surface area contributed by atoms with Crippen LogP contribution in [0.25, 0.3) is 17.0 Å². The van der Waals surface area contributed by atoms with Crippen LogP contribution in [0.4, 0.5) is 23.7 Å². The lowest BCUT2D eigenvalue weighted by Gasteiger charge is -2.35. The second-order valence-corrected chi connectivity index (χ2v) is 8.27. The molecule has 0 fully saturated rings. The highest BCUT2D eigenvalue weighted by atomic mass is 35.5. The van der Waals surface area contributed by atoms with E-state index < -0.39 is 29.5 Å². The lowest BCUT2D eigenvalue weighted by Crippen LogP contribution is -2.46. The molecular weight excluding hydrogens is 481 g/mol. The Hall–Kier alpha value is -4.11. The smallest absolute Gasteiger partial charge is 0.327 e. The molecular formula is C25H16ClF3N4O2. The molecule has 2 heterocycles. The third-order valence-electron chi connectivity index (χ3n) is 5.53. The number of anilines is 1. The standard InChI is InChI=1S/C25H16ClF3N4O2/c1-13-21(24-31-23(32-35-24)15-3-2-4-17(27)9-15)22(14-5-7-16(26)8-6-14)30-25(34)33(13)20-11-18(28)10-19(29)12-20/h2-12,22H,1H3,(H,30,34). The molecule has 1 aliphatic rings. The number of amides is 2. The molecule has 4 aromatic rings. The third kappa shape index (κ3) is 4.38. The molecule has 3 aromatic carbocycles. The van der Waals surface area contributed by atoms with Crippen molar-refractivity contribution in [3.8, 4) is 11.4 Å². The van der Waals surface area contributed by atoms with E-state index in [1.165, 1.54) is 18.2 Å². The number of benzene rings is 3. The van der Waals surface area contributed by atoms with Gasteiger partial charge in [-0.05, 0) is 48.9 Å². The summed E-state index contributed by atoms with van der Waals surface area (Å²) in [5.74, 6) is -1.97. The van der Waals surface area contributed by atoms with Crippen LogP contribution in [0.1, 0.15) is 24.4 Å². The number of carbonyl (C=O) groups excluding carboxylic acids is 1. The second kappa shape index (κ2) is 8.92. The molecule has 1 unspecified atom stereocenters. The van der Waals surface area contributed by atoms with Gasteiger partial charge in [-0.25, -0.2) is 18.0 Å². The molecule has 0 radical (unpaired) electrons. The van der Waals surface area contributed by atoms with E-state index in [4.69, 9.17) is 16.1 Å². The number of allylic oxidation sites excluding steroid dienone is 1. The Balaban J connectivity index is 1.67. The van der Waals surface area contributed by atoms with Crippen molar-refractivity contribution in [3.63, 3.8) is 0 Å².